The molecule has 0 heterocycles. The zero-order chi connectivity index (χ0) is 24.7. The van der Waals surface area contributed by atoms with E-state index < -0.39 is 29.9 Å². The number of hydrogen-bond donors (Lipinski definition) is 0. The lowest BCUT2D eigenvalue weighted by Crippen LogP contribution is -2.31. The van der Waals surface area contributed by atoms with Crippen molar-refractivity contribution in [2.24, 2.45) is 5.92 Å². The van der Waals surface area contributed by atoms with Crippen LogP contribution in [-0.2, 0) is 16.0 Å². The molecule has 0 aromatic heterocycles. The molecule has 0 fully saturated rings. The fraction of sp³-hybridized carbons (Fsp3) is 0.231. The van der Waals surface area contributed by atoms with Crippen molar-refractivity contribution < 1.29 is 32.2 Å². The van der Waals surface area contributed by atoms with E-state index in [0.717, 1.165) is 6.07 Å². The van der Waals surface area contributed by atoms with E-state index in [0.29, 0.717) is 11.3 Å². The highest BCUT2D eigenvalue weighted by Gasteiger charge is 2.36. The Morgan fingerprint density at radius 3 is 2.29 bits per heavy atom. The lowest BCUT2D eigenvalue weighted by Gasteiger charge is -2.21. The summed E-state index contributed by atoms with van der Waals surface area (Å²) < 4.78 is 57.0. The van der Waals surface area contributed by atoms with Gasteiger partial charge in [-0.25, -0.2) is 4.39 Å². The molecule has 0 amide bonds. The Labute approximate surface area is 195 Å². The van der Waals surface area contributed by atoms with Crippen LogP contribution in [-0.4, -0.2) is 12.1 Å². The molecular formula is C26H22F3NO4. The van der Waals surface area contributed by atoms with Gasteiger partial charge in [0, 0.05) is 5.56 Å². The number of nitrogens with zero attached hydrogens (tertiary/aromatic N) is 1. The van der Waals surface area contributed by atoms with Crippen molar-refractivity contribution in [2.45, 2.75) is 32.5 Å². The third-order valence-electron chi connectivity index (χ3n) is 4.79. The van der Waals surface area contributed by atoms with E-state index in [1.165, 1.54) is 50.2 Å². The van der Waals surface area contributed by atoms with Crippen molar-refractivity contribution >= 4 is 5.97 Å². The summed E-state index contributed by atoms with van der Waals surface area (Å²) in [6, 6.07) is 19.7. The molecule has 0 bridgehead atoms. The van der Waals surface area contributed by atoms with Crippen LogP contribution < -0.4 is 9.47 Å². The molecule has 3 aromatic carbocycles. The number of ether oxygens (including phenoxy) is 3. The number of halogens is 3. The fourth-order valence-electron chi connectivity index (χ4n) is 2.84. The van der Waals surface area contributed by atoms with Crippen molar-refractivity contribution in [1.29, 1.82) is 5.26 Å². The van der Waals surface area contributed by atoms with Gasteiger partial charge in [0.1, 0.15) is 17.6 Å². The third kappa shape index (κ3) is 6.51. The number of nitriles is 1. The van der Waals surface area contributed by atoms with Crippen molar-refractivity contribution in [3.05, 3.63) is 89.7 Å². The van der Waals surface area contributed by atoms with Gasteiger partial charge in [-0.15, -0.1) is 0 Å². The van der Waals surface area contributed by atoms with Crippen LogP contribution in [0.1, 0.15) is 31.1 Å². The Morgan fingerprint density at radius 2 is 1.68 bits per heavy atom. The number of para-hydroxylation sites is 1. The minimum atomic E-state index is -3.32. The maximum absolute atomic E-state index is 14.2. The Balaban J connectivity index is 1.65. The van der Waals surface area contributed by atoms with Crippen LogP contribution in [0.15, 0.2) is 72.8 Å². The molecular weight excluding hydrogens is 447 g/mol. The van der Waals surface area contributed by atoms with Gasteiger partial charge in [0.2, 0.25) is 6.10 Å². The van der Waals surface area contributed by atoms with E-state index in [-0.39, 0.29) is 23.5 Å². The van der Waals surface area contributed by atoms with Crippen LogP contribution in [0.2, 0.25) is 0 Å². The minimum absolute atomic E-state index is 0.0389. The number of hydrogen-bond acceptors (Lipinski definition) is 5. The van der Waals surface area contributed by atoms with E-state index >= 15 is 0 Å². The molecule has 0 saturated heterocycles. The van der Waals surface area contributed by atoms with Gasteiger partial charge in [-0.1, -0.05) is 50.2 Å². The van der Waals surface area contributed by atoms with E-state index in [9.17, 15) is 23.2 Å². The first-order valence-corrected chi connectivity index (χ1v) is 10.4. The lowest BCUT2D eigenvalue weighted by molar-refractivity contribution is -0.207. The summed E-state index contributed by atoms with van der Waals surface area (Å²) in [5.41, 5.74) is 0.719. The van der Waals surface area contributed by atoms with Crippen molar-refractivity contribution in [3.63, 3.8) is 0 Å². The van der Waals surface area contributed by atoms with E-state index in [2.05, 4.69) is 0 Å². The lowest BCUT2D eigenvalue weighted by atomic mass is 10.1. The van der Waals surface area contributed by atoms with Gasteiger partial charge in [0.15, 0.2) is 11.6 Å². The quantitative estimate of drug-likeness (QED) is 0.331. The first kappa shape index (κ1) is 24.6. The van der Waals surface area contributed by atoms with Crippen LogP contribution in [0.4, 0.5) is 13.2 Å². The number of benzene rings is 3. The largest absolute Gasteiger partial charge is 0.454 e. The SMILES string of the molecule is CC(C)C(F)(F)Oc1ccc(CC(=O)OC(C#N)c2ccc(F)c(Oc3ccccc3)c2)cc1. The molecule has 1 unspecified atom stereocenters. The van der Waals surface area contributed by atoms with Gasteiger partial charge in [-0.3, -0.25) is 4.79 Å². The molecule has 0 aliphatic carbocycles. The summed E-state index contributed by atoms with van der Waals surface area (Å²) in [5, 5.41) is 9.48. The Hall–Kier alpha value is -3.99. The molecule has 34 heavy (non-hydrogen) atoms. The minimum Gasteiger partial charge on any atom is -0.454 e. The van der Waals surface area contributed by atoms with Crippen LogP contribution in [0.5, 0.6) is 17.2 Å². The van der Waals surface area contributed by atoms with Crippen molar-refractivity contribution in [2.75, 3.05) is 0 Å². The standard InChI is InChI=1S/C26H22F3NO4/c1-17(2)26(28,29)34-21-11-8-18(9-12-21)14-25(31)33-24(16-30)19-10-13-22(27)23(15-19)32-20-6-4-3-5-7-20/h3-13,15,17,24H,14H2,1-2H3. The number of carbonyl (C=O) groups is 1. The summed E-state index contributed by atoms with van der Waals surface area (Å²) in [5.74, 6) is -2.11. The smallest absolute Gasteiger partial charge is 0.400 e. The van der Waals surface area contributed by atoms with Crippen LogP contribution in [0.3, 0.4) is 0 Å². The van der Waals surface area contributed by atoms with Gasteiger partial charge in [-0.05, 0) is 42.0 Å². The highest BCUT2D eigenvalue weighted by atomic mass is 19.3. The summed E-state index contributed by atoms with van der Waals surface area (Å²) in [6.07, 6.45) is -4.81. The van der Waals surface area contributed by atoms with Crippen LogP contribution in [0, 0.1) is 23.1 Å². The summed E-state index contributed by atoms with van der Waals surface area (Å²) in [6.45, 7) is 2.68. The molecule has 0 saturated carbocycles. The first-order chi connectivity index (χ1) is 16.2. The molecule has 176 valence electrons. The summed E-state index contributed by atoms with van der Waals surface area (Å²) >= 11 is 0. The number of rotatable bonds is 9. The van der Waals surface area contributed by atoms with Crippen molar-refractivity contribution in [3.8, 4) is 23.3 Å². The zero-order valence-corrected chi connectivity index (χ0v) is 18.5. The highest BCUT2D eigenvalue weighted by Crippen LogP contribution is 2.30. The maximum Gasteiger partial charge on any atom is 0.400 e. The molecule has 0 aliphatic heterocycles. The zero-order valence-electron chi connectivity index (χ0n) is 18.5. The highest BCUT2D eigenvalue weighted by molar-refractivity contribution is 5.73. The monoisotopic (exact) mass is 469 g/mol. The van der Waals surface area contributed by atoms with E-state index in [1.807, 2.05) is 6.07 Å². The molecule has 0 spiro atoms. The Bertz CT molecular complexity index is 1160. The molecule has 3 aromatic rings. The van der Waals surface area contributed by atoms with Gasteiger partial charge in [0.05, 0.1) is 12.3 Å². The molecule has 8 heteroatoms. The summed E-state index contributed by atoms with van der Waals surface area (Å²) in [4.78, 5) is 12.4. The average molecular weight is 469 g/mol. The fourth-order valence-corrected chi connectivity index (χ4v) is 2.84. The predicted octanol–water partition coefficient (Wildman–Crippen LogP) is 6.60. The Kier molecular flexibility index (Phi) is 7.79. The molecule has 0 aliphatic rings. The second-order valence-corrected chi connectivity index (χ2v) is 7.74. The average Bonchev–Trinajstić information content (AvgIpc) is 2.81. The van der Waals surface area contributed by atoms with Gasteiger partial charge in [0.25, 0.3) is 0 Å². The maximum atomic E-state index is 14.2. The van der Waals surface area contributed by atoms with Crippen molar-refractivity contribution in [1.82, 2.24) is 0 Å². The third-order valence-corrected chi connectivity index (χ3v) is 4.79. The van der Waals surface area contributed by atoms with Gasteiger partial charge < -0.3 is 14.2 Å². The first-order valence-electron chi connectivity index (χ1n) is 10.4. The van der Waals surface area contributed by atoms with Crippen LogP contribution >= 0.6 is 0 Å². The van der Waals surface area contributed by atoms with E-state index in [4.69, 9.17) is 14.2 Å². The molecule has 0 radical (unpaired) electrons. The summed E-state index contributed by atoms with van der Waals surface area (Å²) in [7, 11) is 0. The Morgan fingerprint density at radius 1 is 1.00 bits per heavy atom. The van der Waals surface area contributed by atoms with Gasteiger partial charge in [-0.2, -0.15) is 14.0 Å². The molecule has 0 N–H and O–H groups in total. The molecule has 1 atom stereocenters. The van der Waals surface area contributed by atoms with Crippen LogP contribution in [0.25, 0.3) is 0 Å². The number of alkyl halides is 2. The topological polar surface area (TPSA) is 68.5 Å². The predicted molar refractivity (Wildman–Crippen MR) is 118 cm³/mol. The second kappa shape index (κ2) is 10.8. The second-order valence-electron chi connectivity index (χ2n) is 7.74. The van der Waals surface area contributed by atoms with E-state index in [1.54, 1.807) is 30.3 Å². The van der Waals surface area contributed by atoms with Gasteiger partial charge >= 0.3 is 12.1 Å². The number of carbonyl (C=O) groups excluding carboxylic acids is 1. The number of esters is 1. The molecule has 5 nitrogen and oxygen atoms in total. The normalized spacial score (nSPS) is 12.0. The molecule has 3 rings (SSSR count).